The van der Waals surface area contributed by atoms with Crippen LogP contribution in [0.1, 0.15) is 16.7 Å². The second-order valence-electron chi connectivity index (χ2n) is 5.51. The molecule has 0 heterocycles. The summed E-state index contributed by atoms with van der Waals surface area (Å²) in [7, 11) is 1.28. The second kappa shape index (κ2) is 9.20. The lowest BCUT2D eigenvalue weighted by Crippen LogP contribution is -2.20. The van der Waals surface area contributed by atoms with Gasteiger partial charge in [-0.05, 0) is 29.8 Å². The Labute approximate surface area is 157 Å². The first-order chi connectivity index (χ1) is 13.2. The highest BCUT2D eigenvalue weighted by molar-refractivity contribution is 5.92. The molecule has 2 rings (SSSR count). The predicted molar refractivity (Wildman–Crippen MR) is 92.0 cm³/mol. The quantitative estimate of drug-likeness (QED) is 0.543. The van der Waals surface area contributed by atoms with Gasteiger partial charge in [-0.15, -0.1) is 0 Å². The predicted octanol–water partition coefficient (Wildman–Crippen LogP) is 4.65. The minimum atomic E-state index is -4.48. The van der Waals surface area contributed by atoms with E-state index >= 15 is 0 Å². The molecule has 4 nitrogen and oxygen atoms in total. The molecule has 0 aliphatic rings. The minimum absolute atomic E-state index is 0.0619. The molecular formula is C19H16F5NO3. The zero-order chi connectivity index (χ0) is 20.7. The van der Waals surface area contributed by atoms with E-state index < -0.39 is 24.3 Å². The molecule has 1 N–H and O–H groups in total. The Morgan fingerprint density at radius 1 is 1.18 bits per heavy atom. The van der Waals surface area contributed by atoms with Crippen LogP contribution in [0.25, 0.3) is 6.08 Å². The van der Waals surface area contributed by atoms with Gasteiger partial charge in [-0.3, -0.25) is 4.79 Å². The van der Waals surface area contributed by atoms with Crippen LogP contribution in [-0.4, -0.2) is 19.6 Å². The lowest BCUT2D eigenvalue weighted by atomic mass is 10.1. The molecule has 150 valence electrons. The number of benzene rings is 2. The van der Waals surface area contributed by atoms with Gasteiger partial charge in [0.1, 0.15) is 0 Å². The molecule has 0 bridgehead atoms. The number of carbonyl (C=O) groups excluding carboxylic acids is 1. The van der Waals surface area contributed by atoms with Crippen LogP contribution in [0.5, 0.6) is 11.5 Å². The number of rotatable bonds is 7. The third-order valence-electron chi connectivity index (χ3n) is 3.57. The number of hydrogen-bond donors (Lipinski definition) is 1. The molecule has 0 fully saturated rings. The summed E-state index contributed by atoms with van der Waals surface area (Å²) >= 11 is 0. The minimum Gasteiger partial charge on any atom is -0.493 e. The van der Waals surface area contributed by atoms with Crippen LogP contribution < -0.4 is 14.8 Å². The van der Waals surface area contributed by atoms with Crippen molar-refractivity contribution >= 4 is 12.0 Å². The molecular weight excluding hydrogens is 385 g/mol. The fourth-order valence-corrected chi connectivity index (χ4v) is 2.31. The Bertz CT molecular complexity index is 850. The average molecular weight is 401 g/mol. The highest BCUT2D eigenvalue weighted by atomic mass is 19.4. The summed E-state index contributed by atoms with van der Waals surface area (Å²) < 4.78 is 72.6. The fraction of sp³-hybridized carbons (Fsp3) is 0.211. The van der Waals surface area contributed by atoms with Crippen LogP contribution in [0.4, 0.5) is 22.0 Å². The monoisotopic (exact) mass is 401 g/mol. The van der Waals surface area contributed by atoms with Crippen molar-refractivity contribution in [3.63, 3.8) is 0 Å². The zero-order valence-electron chi connectivity index (χ0n) is 14.6. The van der Waals surface area contributed by atoms with E-state index in [2.05, 4.69) is 10.1 Å². The van der Waals surface area contributed by atoms with Crippen molar-refractivity contribution in [3.05, 3.63) is 65.2 Å². The second-order valence-corrected chi connectivity index (χ2v) is 5.51. The molecule has 0 aliphatic carbocycles. The van der Waals surface area contributed by atoms with Crippen LogP contribution in [-0.2, 0) is 17.5 Å². The Morgan fingerprint density at radius 2 is 1.89 bits per heavy atom. The smallest absolute Gasteiger partial charge is 0.416 e. The SMILES string of the molecule is COc1cccc(/C=C/C(=O)NCc2cccc(C(F)(F)F)c2)c1OC(F)F. The van der Waals surface area contributed by atoms with E-state index in [1.165, 1.54) is 43.5 Å². The fourth-order valence-electron chi connectivity index (χ4n) is 2.31. The van der Waals surface area contributed by atoms with Crippen LogP contribution >= 0.6 is 0 Å². The van der Waals surface area contributed by atoms with Crippen molar-refractivity contribution in [2.24, 2.45) is 0 Å². The number of nitrogens with one attached hydrogen (secondary N) is 1. The summed E-state index contributed by atoms with van der Waals surface area (Å²) in [6.45, 7) is -3.22. The van der Waals surface area contributed by atoms with Gasteiger partial charge in [0, 0.05) is 18.2 Å². The van der Waals surface area contributed by atoms with Crippen molar-refractivity contribution in [2.45, 2.75) is 19.3 Å². The molecule has 0 aliphatic heterocycles. The number of halogens is 5. The van der Waals surface area contributed by atoms with Gasteiger partial charge in [0.2, 0.25) is 5.91 Å². The molecule has 28 heavy (non-hydrogen) atoms. The lowest BCUT2D eigenvalue weighted by molar-refractivity contribution is -0.137. The maximum atomic E-state index is 12.7. The normalized spacial score (nSPS) is 11.7. The van der Waals surface area contributed by atoms with E-state index in [0.29, 0.717) is 0 Å². The van der Waals surface area contributed by atoms with E-state index in [1.807, 2.05) is 0 Å². The Hall–Kier alpha value is -3.10. The zero-order valence-corrected chi connectivity index (χ0v) is 14.6. The number of para-hydroxylation sites is 1. The van der Waals surface area contributed by atoms with Gasteiger partial charge in [-0.2, -0.15) is 22.0 Å². The molecule has 0 atom stereocenters. The van der Waals surface area contributed by atoms with Gasteiger partial charge < -0.3 is 14.8 Å². The topological polar surface area (TPSA) is 47.6 Å². The first-order valence-corrected chi connectivity index (χ1v) is 7.94. The molecule has 0 saturated heterocycles. The summed E-state index contributed by atoms with van der Waals surface area (Å²) in [5.41, 5.74) is -0.381. The Kier molecular flexibility index (Phi) is 6.97. The summed E-state index contributed by atoms with van der Waals surface area (Å²) in [6, 6.07) is 8.93. The highest BCUT2D eigenvalue weighted by Gasteiger charge is 2.30. The van der Waals surface area contributed by atoms with Crippen molar-refractivity contribution in [1.82, 2.24) is 5.32 Å². The number of carbonyl (C=O) groups is 1. The van der Waals surface area contributed by atoms with E-state index in [1.54, 1.807) is 0 Å². The van der Waals surface area contributed by atoms with Crippen LogP contribution in [0.2, 0.25) is 0 Å². The van der Waals surface area contributed by atoms with Gasteiger partial charge in [0.25, 0.3) is 0 Å². The van der Waals surface area contributed by atoms with Crippen molar-refractivity contribution in [1.29, 1.82) is 0 Å². The molecule has 2 aromatic rings. The van der Waals surface area contributed by atoms with Crippen molar-refractivity contribution < 1.29 is 36.2 Å². The third-order valence-corrected chi connectivity index (χ3v) is 3.57. The Balaban J connectivity index is 2.07. The van der Waals surface area contributed by atoms with Crippen LogP contribution in [0, 0.1) is 0 Å². The number of alkyl halides is 5. The van der Waals surface area contributed by atoms with Crippen LogP contribution in [0.15, 0.2) is 48.5 Å². The largest absolute Gasteiger partial charge is 0.493 e. The van der Waals surface area contributed by atoms with Gasteiger partial charge in [0.15, 0.2) is 11.5 Å². The Morgan fingerprint density at radius 3 is 2.54 bits per heavy atom. The lowest BCUT2D eigenvalue weighted by Gasteiger charge is -2.12. The maximum Gasteiger partial charge on any atom is 0.416 e. The average Bonchev–Trinajstić information content (AvgIpc) is 2.64. The van der Waals surface area contributed by atoms with E-state index in [9.17, 15) is 26.7 Å². The van der Waals surface area contributed by atoms with Crippen molar-refractivity contribution in [2.75, 3.05) is 7.11 Å². The van der Waals surface area contributed by atoms with Crippen molar-refractivity contribution in [3.8, 4) is 11.5 Å². The maximum absolute atomic E-state index is 12.7. The summed E-state index contributed by atoms with van der Waals surface area (Å²) in [5, 5.41) is 2.42. The summed E-state index contributed by atoms with van der Waals surface area (Å²) in [5.74, 6) is -0.794. The summed E-state index contributed by atoms with van der Waals surface area (Å²) in [4.78, 5) is 11.9. The van der Waals surface area contributed by atoms with E-state index in [-0.39, 0.29) is 29.2 Å². The first kappa shape index (κ1) is 21.2. The summed E-state index contributed by atoms with van der Waals surface area (Å²) in [6.07, 6.45) is -2.18. The molecule has 9 heteroatoms. The standard InChI is InChI=1S/C19H16F5NO3/c1-27-15-7-3-5-13(17(15)28-18(20)21)8-9-16(26)25-11-12-4-2-6-14(10-12)19(22,23)24/h2-10,18H,11H2,1H3,(H,25,26)/b9-8+. The number of methoxy groups -OCH3 is 1. The van der Waals surface area contributed by atoms with Crippen LogP contribution in [0.3, 0.4) is 0 Å². The molecule has 1 amide bonds. The number of hydrogen-bond acceptors (Lipinski definition) is 3. The highest BCUT2D eigenvalue weighted by Crippen LogP contribution is 2.33. The van der Waals surface area contributed by atoms with Gasteiger partial charge in [-0.1, -0.05) is 24.3 Å². The molecule has 0 unspecified atom stereocenters. The molecule has 0 aromatic heterocycles. The van der Waals surface area contributed by atoms with E-state index in [0.717, 1.165) is 18.2 Å². The third kappa shape index (κ3) is 5.97. The molecule has 2 aromatic carbocycles. The van der Waals surface area contributed by atoms with Gasteiger partial charge in [0.05, 0.1) is 12.7 Å². The molecule has 0 spiro atoms. The molecule has 0 radical (unpaired) electrons. The van der Waals surface area contributed by atoms with E-state index in [4.69, 9.17) is 4.74 Å². The van der Waals surface area contributed by atoms with Gasteiger partial charge >= 0.3 is 12.8 Å². The molecule has 0 saturated carbocycles. The number of ether oxygens (including phenoxy) is 2. The van der Waals surface area contributed by atoms with Gasteiger partial charge in [-0.25, -0.2) is 0 Å². The number of amides is 1. The first-order valence-electron chi connectivity index (χ1n) is 7.94.